The second kappa shape index (κ2) is 12.8. The lowest BCUT2D eigenvalue weighted by Crippen LogP contribution is -2.52. The van der Waals surface area contributed by atoms with Crippen LogP contribution in [0, 0.1) is 5.82 Å². The molecule has 242 valence electrons. The molecule has 0 aromatic heterocycles. The number of allylic oxidation sites excluding steroid dienone is 2. The van der Waals surface area contributed by atoms with Crippen molar-refractivity contribution >= 4 is 29.2 Å². The lowest BCUT2D eigenvalue weighted by Gasteiger charge is -2.28. The number of alkyl halides is 3. The van der Waals surface area contributed by atoms with Gasteiger partial charge in [0.05, 0.1) is 17.3 Å². The number of carbonyl (C=O) groups is 3. The first-order valence-electron chi connectivity index (χ1n) is 14.2. The first-order chi connectivity index (χ1) is 21.7. The topological polar surface area (TPSA) is 146 Å². The van der Waals surface area contributed by atoms with Crippen molar-refractivity contribution in [3.05, 3.63) is 100 Å². The molecule has 3 aromatic carbocycles. The fraction of sp³-hybridized carbons (Fsp3) is 0.281. The van der Waals surface area contributed by atoms with E-state index in [0.29, 0.717) is 11.1 Å². The van der Waals surface area contributed by atoms with Gasteiger partial charge in [-0.15, -0.1) is 8.78 Å². The van der Waals surface area contributed by atoms with E-state index in [-0.39, 0.29) is 5.56 Å². The van der Waals surface area contributed by atoms with Crippen LogP contribution in [0.4, 0.5) is 28.0 Å². The number of ether oxygens (including phenoxy) is 2. The number of carboxylic acids is 1. The Hall–Kier alpha value is -4.95. The molecule has 0 radical (unpaired) electrons. The van der Waals surface area contributed by atoms with Gasteiger partial charge in [-0.3, -0.25) is 4.79 Å². The maximum Gasteiger partial charge on any atom is 0.538 e. The van der Waals surface area contributed by atoms with E-state index >= 15 is 4.39 Å². The molecule has 14 heteroatoms. The zero-order valence-corrected chi connectivity index (χ0v) is 24.3. The third kappa shape index (κ3) is 7.13. The molecule has 1 aliphatic heterocycles. The molecule has 3 atom stereocenters. The number of carboxylic acid groups (broad SMARTS) is 1. The van der Waals surface area contributed by atoms with Gasteiger partial charge in [-0.05, 0) is 79.1 Å². The van der Waals surface area contributed by atoms with E-state index < -0.39 is 65.1 Å². The van der Waals surface area contributed by atoms with E-state index in [4.69, 9.17) is 5.11 Å². The molecule has 0 spiro atoms. The maximum atomic E-state index is 15.1. The molecule has 0 saturated heterocycles. The summed E-state index contributed by atoms with van der Waals surface area (Å²) < 4.78 is 64.1. The Morgan fingerprint density at radius 1 is 1.00 bits per heavy atom. The number of halogens is 4. The summed E-state index contributed by atoms with van der Waals surface area (Å²) in [6.45, 7) is 0.904. The van der Waals surface area contributed by atoms with Gasteiger partial charge in [0.15, 0.2) is 5.82 Å². The molecule has 1 aliphatic carbocycles. The molecule has 3 aromatic rings. The second-order valence-electron chi connectivity index (χ2n) is 10.9. The second-order valence-corrected chi connectivity index (χ2v) is 10.9. The number of urea groups is 1. The molecular formula is C32H29F4N3O7. The van der Waals surface area contributed by atoms with E-state index in [2.05, 4.69) is 26.2 Å². The number of carbonyl (C=O) groups excluding carboxylic acids is 2. The monoisotopic (exact) mass is 643 g/mol. The van der Waals surface area contributed by atoms with Crippen molar-refractivity contribution in [2.45, 2.75) is 57.0 Å². The van der Waals surface area contributed by atoms with Gasteiger partial charge in [-0.25, -0.2) is 23.1 Å². The van der Waals surface area contributed by atoms with Gasteiger partial charge in [0.1, 0.15) is 5.75 Å². The largest absolute Gasteiger partial charge is 0.538 e. The van der Waals surface area contributed by atoms with Crippen LogP contribution in [-0.2, 0) is 9.53 Å². The van der Waals surface area contributed by atoms with E-state index in [1.54, 1.807) is 12.1 Å². The van der Waals surface area contributed by atoms with Gasteiger partial charge in [0.2, 0.25) is 12.1 Å². The Labute approximate surface area is 260 Å². The van der Waals surface area contributed by atoms with Crippen LogP contribution in [0.1, 0.15) is 77.6 Å². The molecule has 2 aliphatic rings. The Bertz CT molecular complexity index is 1680. The molecule has 1 heterocycles. The van der Waals surface area contributed by atoms with E-state index in [1.165, 1.54) is 29.8 Å². The summed E-state index contributed by atoms with van der Waals surface area (Å²) in [7, 11) is 0. The number of hydrogen-bond acceptors (Lipinski definition) is 6. The molecule has 5 rings (SSSR count). The molecule has 3 unspecified atom stereocenters. The number of aliphatic carboxylic acids is 1. The fourth-order valence-electron chi connectivity index (χ4n) is 5.12. The summed E-state index contributed by atoms with van der Waals surface area (Å²) in [5.41, 5.74) is -0.708. The number of rotatable bonds is 8. The molecule has 46 heavy (non-hydrogen) atoms. The average Bonchev–Trinajstić information content (AvgIpc) is 3.01. The van der Waals surface area contributed by atoms with Gasteiger partial charge in [0.25, 0.3) is 5.91 Å². The van der Waals surface area contributed by atoms with Gasteiger partial charge >= 0.3 is 18.3 Å². The van der Waals surface area contributed by atoms with Crippen molar-refractivity contribution in [3.63, 3.8) is 0 Å². The van der Waals surface area contributed by atoms with Gasteiger partial charge < -0.3 is 30.9 Å². The predicted molar refractivity (Wildman–Crippen MR) is 156 cm³/mol. The molecule has 5 N–H and O–H groups in total. The molecule has 0 bridgehead atoms. The van der Waals surface area contributed by atoms with Crippen molar-refractivity contribution in [1.82, 2.24) is 10.6 Å². The highest BCUT2D eigenvalue weighted by atomic mass is 19.3. The maximum absolute atomic E-state index is 15.1. The minimum absolute atomic E-state index is 0.0139. The van der Waals surface area contributed by atoms with Crippen molar-refractivity contribution < 1.29 is 51.6 Å². The standard InChI is InChI=1S/C32H29F4N3O7/c1-31(44,29(41)42)39-28(40)21-13-11-20(12-14-21)26(19-9-7-18(8-10-19)17-5-3-2-4-6-17)38-30(43)37-22-15-16-23-24(25(22)33)27(34)46-32(35,36)45-23/h5,7-16,26-27,44H,2-4,6H2,1H3,(H,39,40)(H,41,42)(H2,37,38,43). The lowest BCUT2D eigenvalue weighted by atomic mass is 9.91. The first kappa shape index (κ1) is 32.4. The molecule has 0 fully saturated rings. The Morgan fingerprint density at radius 3 is 2.26 bits per heavy atom. The van der Waals surface area contributed by atoms with E-state index in [9.17, 15) is 32.7 Å². The van der Waals surface area contributed by atoms with Crippen molar-refractivity contribution in [2.24, 2.45) is 0 Å². The van der Waals surface area contributed by atoms with Crippen molar-refractivity contribution in [2.75, 3.05) is 5.32 Å². The van der Waals surface area contributed by atoms with E-state index in [0.717, 1.165) is 50.3 Å². The molecule has 10 nitrogen and oxygen atoms in total. The fourth-order valence-corrected chi connectivity index (χ4v) is 5.12. The number of hydrogen-bond donors (Lipinski definition) is 5. The minimum atomic E-state index is -4.30. The van der Waals surface area contributed by atoms with Crippen LogP contribution in [0.3, 0.4) is 0 Å². The normalized spacial score (nSPS) is 18.9. The Morgan fingerprint density at radius 2 is 1.65 bits per heavy atom. The number of anilines is 1. The summed E-state index contributed by atoms with van der Waals surface area (Å²) in [6, 6.07) is 13.1. The summed E-state index contributed by atoms with van der Waals surface area (Å²) in [4.78, 5) is 36.9. The lowest BCUT2D eigenvalue weighted by molar-refractivity contribution is -0.398. The van der Waals surface area contributed by atoms with Crippen molar-refractivity contribution in [3.8, 4) is 5.75 Å². The minimum Gasteiger partial charge on any atom is -0.478 e. The SMILES string of the molecule is CC(O)(NC(=O)c1ccc(C(NC(=O)Nc2ccc3c(c2F)C(F)OC(F)(F)O3)c2ccc(C3=CCCCC3)cc2)cc1)C(=O)O. The molecule has 3 amide bonds. The first-order valence-corrected chi connectivity index (χ1v) is 14.2. The summed E-state index contributed by atoms with van der Waals surface area (Å²) >= 11 is 0. The molecular weight excluding hydrogens is 614 g/mol. The van der Waals surface area contributed by atoms with Crippen LogP contribution in [0.2, 0.25) is 0 Å². The Balaban J connectivity index is 1.41. The molecule has 0 saturated carbocycles. The smallest absolute Gasteiger partial charge is 0.478 e. The Kier molecular flexibility index (Phi) is 9.03. The van der Waals surface area contributed by atoms with Gasteiger partial charge in [-0.1, -0.05) is 42.5 Å². The van der Waals surface area contributed by atoms with E-state index in [1.807, 2.05) is 17.4 Å². The van der Waals surface area contributed by atoms with Crippen LogP contribution in [-0.4, -0.2) is 40.1 Å². The van der Waals surface area contributed by atoms with Crippen LogP contribution in [0.15, 0.2) is 66.7 Å². The number of fused-ring (bicyclic) bond motifs is 1. The quantitative estimate of drug-likeness (QED) is 0.146. The summed E-state index contributed by atoms with van der Waals surface area (Å²) in [5.74, 6) is -4.68. The summed E-state index contributed by atoms with van der Waals surface area (Å²) in [6.07, 6.45) is -0.875. The summed E-state index contributed by atoms with van der Waals surface area (Å²) in [5, 5.41) is 25.9. The van der Waals surface area contributed by atoms with Crippen LogP contribution >= 0.6 is 0 Å². The zero-order chi connectivity index (χ0) is 33.2. The highest BCUT2D eigenvalue weighted by Crippen LogP contribution is 2.44. The number of aliphatic hydroxyl groups is 1. The number of benzene rings is 3. The van der Waals surface area contributed by atoms with Crippen LogP contribution in [0.25, 0.3) is 5.57 Å². The van der Waals surface area contributed by atoms with Crippen LogP contribution in [0.5, 0.6) is 5.75 Å². The van der Waals surface area contributed by atoms with Crippen molar-refractivity contribution in [1.29, 1.82) is 0 Å². The third-order valence-corrected chi connectivity index (χ3v) is 7.55. The van der Waals surface area contributed by atoms with Gasteiger partial charge in [0, 0.05) is 5.56 Å². The predicted octanol–water partition coefficient (Wildman–Crippen LogP) is 6.14. The zero-order valence-electron chi connectivity index (χ0n) is 24.3. The van der Waals surface area contributed by atoms with Crippen LogP contribution < -0.4 is 20.7 Å². The third-order valence-electron chi connectivity index (χ3n) is 7.55. The highest BCUT2D eigenvalue weighted by Gasteiger charge is 2.46. The number of amides is 3. The average molecular weight is 644 g/mol. The number of nitrogens with one attached hydrogen (secondary N) is 3. The van der Waals surface area contributed by atoms with Gasteiger partial charge in [-0.2, -0.15) is 0 Å². The highest BCUT2D eigenvalue weighted by molar-refractivity contribution is 5.97.